The Labute approximate surface area is 137 Å². The molecule has 1 amide bonds. The first kappa shape index (κ1) is 17.4. The summed E-state index contributed by atoms with van der Waals surface area (Å²) in [5, 5.41) is 3.78. The Morgan fingerprint density at radius 1 is 1.12 bits per heavy atom. The fourth-order valence-electron chi connectivity index (χ4n) is 1.84. The summed E-state index contributed by atoms with van der Waals surface area (Å²) in [4.78, 5) is 11.7. The van der Waals surface area contributed by atoms with Gasteiger partial charge in [0.15, 0.2) is 6.61 Å². The van der Waals surface area contributed by atoms with Gasteiger partial charge in [-0.15, -0.1) is 0 Å². The average molecular weight is 334 g/mol. The molecule has 0 heterocycles. The van der Waals surface area contributed by atoms with Gasteiger partial charge in [-0.2, -0.15) is 5.10 Å². The molecule has 0 unspecified atom stereocenters. The minimum Gasteiger partial charge on any atom is -0.497 e. The molecular formula is C17H16F2N2O3. The molecule has 0 aliphatic rings. The first-order valence-corrected chi connectivity index (χ1v) is 7.05. The molecule has 2 rings (SSSR count). The van der Waals surface area contributed by atoms with Gasteiger partial charge >= 0.3 is 0 Å². The molecule has 24 heavy (non-hydrogen) atoms. The van der Waals surface area contributed by atoms with Crippen molar-refractivity contribution in [3.63, 3.8) is 0 Å². The van der Waals surface area contributed by atoms with Gasteiger partial charge < -0.3 is 9.47 Å². The summed E-state index contributed by atoms with van der Waals surface area (Å²) < 4.78 is 36.7. The predicted molar refractivity (Wildman–Crippen MR) is 85.2 cm³/mol. The number of carbonyl (C=O) groups excluding carboxylic acids is 1. The van der Waals surface area contributed by atoms with E-state index in [9.17, 15) is 13.6 Å². The topological polar surface area (TPSA) is 59.9 Å². The van der Waals surface area contributed by atoms with Crippen LogP contribution in [-0.4, -0.2) is 25.3 Å². The number of carbonyl (C=O) groups is 1. The van der Waals surface area contributed by atoms with Crippen LogP contribution in [0.25, 0.3) is 0 Å². The maximum absolute atomic E-state index is 13.6. The van der Waals surface area contributed by atoms with E-state index in [4.69, 9.17) is 9.47 Å². The van der Waals surface area contributed by atoms with Gasteiger partial charge in [0.1, 0.15) is 23.1 Å². The number of benzene rings is 2. The zero-order valence-corrected chi connectivity index (χ0v) is 13.2. The first-order chi connectivity index (χ1) is 11.5. The van der Waals surface area contributed by atoms with E-state index in [0.29, 0.717) is 11.5 Å². The lowest BCUT2D eigenvalue weighted by Crippen LogP contribution is -2.25. The number of amides is 1. The Bertz CT molecular complexity index is 746. The van der Waals surface area contributed by atoms with Crippen LogP contribution in [0.1, 0.15) is 12.5 Å². The summed E-state index contributed by atoms with van der Waals surface area (Å²) in [5.41, 5.74) is 2.57. The Kier molecular flexibility index (Phi) is 5.83. The van der Waals surface area contributed by atoms with E-state index in [1.165, 1.54) is 13.0 Å². The largest absolute Gasteiger partial charge is 0.497 e. The molecule has 5 nitrogen and oxygen atoms in total. The lowest BCUT2D eigenvalue weighted by atomic mass is 10.1. The van der Waals surface area contributed by atoms with Crippen molar-refractivity contribution in [2.45, 2.75) is 6.92 Å². The van der Waals surface area contributed by atoms with Gasteiger partial charge in [-0.05, 0) is 43.3 Å². The Hall–Kier alpha value is -2.96. The molecule has 0 saturated carbocycles. The minimum atomic E-state index is -0.750. The van der Waals surface area contributed by atoms with Crippen molar-refractivity contribution in [2.75, 3.05) is 13.7 Å². The average Bonchev–Trinajstić information content (AvgIpc) is 2.58. The van der Waals surface area contributed by atoms with Crippen LogP contribution in [0.3, 0.4) is 0 Å². The normalized spacial score (nSPS) is 11.1. The SMILES string of the molecule is COc1ccc(OCC(=O)N/N=C(/C)c2ccc(F)cc2F)cc1. The van der Waals surface area contributed by atoms with E-state index in [1.807, 2.05) is 0 Å². The van der Waals surface area contributed by atoms with Gasteiger partial charge in [0, 0.05) is 11.6 Å². The summed E-state index contributed by atoms with van der Waals surface area (Å²) >= 11 is 0. The van der Waals surface area contributed by atoms with Gasteiger partial charge in [0.05, 0.1) is 12.8 Å². The van der Waals surface area contributed by atoms with Crippen LogP contribution in [0.2, 0.25) is 0 Å². The Morgan fingerprint density at radius 2 is 1.79 bits per heavy atom. The molecule has 0 spiro atoms. The zero-order valence-electron chi connectivity index (χ0n) is 13.2. The minimum absolute atomic E-state index is 0.104. The molecule has 2 aromatic rings. The molecular weight excluding hydrogens is 318 g/mol. The summed E-state index contributed by atoms with van der Waals surface area (Å²) in [6.07, 6.45) is 0. The van der Waals surface area contributed by atoms with Crippen molar-refractivity contribution in [1.82, 2.24) is 5.43 Å². The van der Waals surface area contributed by atoms with Crippen molar-refractivity contribution >= 4 is 11.6 Å². The number of nitrogens with one attached hydrogen (secondary N) is 1. The van der Waals surface area contributed by atoms with E-state index >= 15 is 0 Å². The molecule has 0 aromatic heterocycles. The highest BCUT2D eigenvalue weighted by atomic mass is 19.1. The van der Waals surface area contributed by atoms with Crippen LogP contribution in [0.4, 0.5) is 8.78 Å². The second kappa shape index (κ2) is 8.05. The molecule has 0 fully saturated rings. The van der Waals surface area contributed by atoms with Gasteiger partial charge in [-0.1, -0.05) is 0 Å². The van der Waals surface area contributed by atoms with Gasteiger partial charge in [-0.25, -0.2) is 14.2 Å². The Balaban J connectivity index is 1.89. The highest BCUT2D eigenvalue weighted by molar-refractivity contribution is 5.99. The van der Waals surface area contributed by atoms with Crippen molar-refractivity contribution in [3.8, 4) is 11.5 Å². The van der Waals surface area contributed by atoms with E-state index < -0.39 is 17.5 Å². The van der Waals surface area contributed by atoms with Gasteiger partial charge in [0.2, 0.25) is 0 Å². The number of methoxy groups -OCH3 is 1. The maximum atomic E-state index is 13.6. The number of hydrogen-bond donors (Lipinski definition) is 1. The highest BCUT2D eigenvalue weighted by Crippen LogP contribution is 2.16. The number of halogens is 2. The van der Waals surface area contributed by atoms with E-state index in [0.717, 1.165) is 12.1 Å². The number of rotatable bonds is 6. The van der Waals surface area contributed by atoms with Crippen LogP contribution < -0.4 is 14.9 Å². The summed E-state index contributed by atoms with van der Waals surface area (Å²) in [6, 6.07) is 9.85. The standard InChI is InChI=1S/C17H16F2N2O3/c1-11(15-8-3-12(18)9-16(15)19)20-21-17(22)10-24-14-6-4-13(23-2)5-7-14/h3-9H,10H2,1-2H3,(H,21,22)/b20-11-. The van der Waals surface area contributed by atoms with Gasteiger partial charge in [0.25, 0.3) is 5.91 Å². The van der Waals surface area contributed by atoms with E-state index in [-0.39, 0.29) is 17.9 Å². The summed E-state index contributed by atoms with van der Waals surface area (Å²) in [6.45, 7) is 1.25. The maximum Gasteiger partial charge on any atom is 0.277 e. The number of ether oxygens (including phenoxy) is 2. The predicted octanol–water partition coefficient (Wildman–Crippen LogP) is 2.89. The third-order valence-corrected chi connectivity index (χ3v) is 3.10. The van der Waals surface area contributed by atoms with Crippen LogP contribution in [0, 0.1) is 11.6 Å². The van der Waals surface area contributed by atoms with Crippen LogP contribution in [0.15, 0.2) is 47.6 Å². The zero-order chi connectivity index (χ0) is 17.5. The highest BCUT2D eigenvalue weighted by Gasteiger charge is 2.08. The number of nitrogens with zero attached hydrogens (tertiary/aromatic N) is 1. The van der Waals surface area contributed by atoms with E-state index in [1.54, 1.807) is 31.4 Å². The molecule has 0 saturated heterocycles. The lowest BCUT2D eigenvalue weighted by Gasteiger charge is -2.07. The third kappa shape index (κ3) is 4.77. The molecule has 0 atom stereocenters. The van der Waals surface area contributed by atoms with Crippen LogP contribution >= 0.6 is 0 Å². The summed E-state index contributed by atoms with van der Waals surface area (Å²) in [7, 11) is 1.55. The smallest absolute Gasteiger partial charge is 0.277 e. The van der Waals surface area contributed by atoms with Crippen molar-refractivity contribution in [3.05, 3.63) is 59.7 Å². The quantitative estimate of drug-likeness (QED) is 0.653. The lowest BCUT2D eigenvalue weighted by molar-refractivity contribution is -0.123. The van der Waals surface area contributed by atoms with E-state index in [2.05, 4.69) is 10.5 Å². The Morgan fingerprint density at radius 3 is 2.42 bits per heavy atom. The molecule has 1 N–H and O–H groups in total. The monoisotopic (exact) mass is 334 g/mol. The number of hydrazone groups is 1. The second-order valence-electron chi connectivity index (χ2n) is 4.82. The van der Waals surface area contributed by atoms with Gasteiger partial charge in [-0.3, -0.25) is 4.79 Å². The molecule has 0 bridgehead atoms. The van der Waals surface area contributed by atoms with Crippen LogP contribution in [-0.2, 0) is 4.79 Å². The molecule has 2 aromatic carbocycles. The first-order valence-electron chi connectivity index (χ1n) is 7.05. The van der Waals surface area contributed by atoms with Crippen molar-refractivity contribution < 1.29 is 23.0 Å². The molecule has 7 heteroatoms. The fourth-order valence-corrected chi connectivity index (χ4v) is 1.84. The number of hydrogen-bond acceptors (Lipinski definition) is 4. The van der Waals surface area contributed by atoms with Crippen molar-refractivity contribution in [2.24, 2.45) is 5.10 Å². The summed E-state index contributed by atoms with van der Waals surface area (Å²) in [5.74, 6) is -0.766. The molecule has 126 valence electrons. The van der Waals surface area contributed by atoms with Crippen LogP contribution in [0.5, 0.6) is 11.5 Å². The third-order valence-electron chi connectivity index (χ3n) is 3.10. The van der Waals surface area contributed by atoms with Crippen molar-refractivity contribution in [1.29, 1.82) is 0 Å². The fraction of sp³-hybridized carbons (Fsp3) is 0.176. The molecule has 0 radical (unpaired) electrons. The second-order valence-corrected chi connectivity index (χ2v) is 4.82. The molecule has 0 aliphatic carbocycles. The molecule has 0 aliphatic heterocycles.